The van der Waals surface area contributed by atoms with Gasteiger partial charge >= 0.3 is 31.4 Å². The predicted octanol–water partition coefficient (Wildman–Crippen LogP) is 18.1. The number of benzene rings is 4. The van der Waals surface area contributed by atoms with Gasteiger partial charge in [0.25, 0.3) is 7.82 Å². The Morgan fingerprint density at radius 1 is 0.475 bits per heavy atom. The van der Waals surface area contributed by atoms with E-state index in [9.17, 15) is 19.0 Å². The summed E-state index contributed by atoms with van der Waals surface area (Å²) in [6, 6.07) is 29.5. The van der Waals surface area contributed by atoms with Crippen molar-refractivity contribution >= 4 is 63.9 Å². The van der Waals surface area contributed by atoms with Crippen LogP contribution in [0.4, 0.5) is 0 Å². The zero-order chi connectivity index (χ0) is 72.6. The number of quaternary nitrogens is 1. The number of carbonyl (C=O) groups excluding carboxylic acids is 2. The van der Waals surface area contributed by atoms with Gasteiger partial charge in [-0.1, -0.05) is 272 Å². The van der Waals surface area contributed by atoms with Crippen molar-refractivity contribution in [1.82, 2.24) is 45.2 Å². The molecular formula is C80H117N10O9PZn. The summed E-state index contributed by atoms with van der Waals surface area (Å²) >= 11 is 0. The number of carbonyl (C=O) groups is 2. The maximum absolute atomic E-state index is 12.9. The molecule has 9 rings (SSSR count). The summed E-state index contributed by atoms with van der Waals surface area (Å²) in [6.45, 7) is 29.7. The normalized spacial score (nSPS) is 12.7. The molecule has 7 aromatic rings. The quantitative estimate of drug-likeness (QED) is 0.0159. The second kappa shape index (κ2) is 43.7. The summed E-state index contributed by atoms with van der Waals surface area (Å²) in [4.78, 5) is 77.8. The van der Waals surface area contributed by atoms with Crippen molar-refractivity contribution in [3.05, 3.63) is 91.0 Å². The first-order chi connectivity index (χ1) is 47.7. The van der Waals surface area contributed by atoms with Gasteiger partial charge in [-0.05, 0) is 81.8 Å². The van der Waals surface area contributed by atoms with E-state index in [0.717, 1.165) is 102 Å². The summed E-state index contributed by atoms with van der Waals surface area (Å²) < 4.78 is 39.3. The first kappa shape index (κ1) is 85.3. The second-order valence-corrected chi connectivity index (χ2v) is 32.3. The number of nitrogens with one attached hydrogen (secondary N) is 1. The van der Waals surface area contributed by atoms with Gasteiger partial charge in [-0.3, -0.25) is 14.2 Å². The predicted molar refractivity (Wildman–Crippen MR) is 403 cm³/mol. The Morgan fingerprint density at radius 3 is 1.28 bits per heavy atom. The summed E-state index contributed by atoms with van der Waals surface area (Å²) in [6.07, 6.45) is 21.7. The molecule has 8 bridgehead atoms. The molecule has 5 heterocycles. The number of nitrogens with zero attached hydrogens (tertiary/aromatic N) is 8. The summed E-state index contributed by atoms with van der Waals surface area (Å²) in [5.41, 5.74) is 10.3. The molecule has 101 heavy (non-hydrogen) atoms. The second-order valence-electron chi connectivity index (χ2n) is 30.9. The largest absolute Gasteiger partial charge is 2.00 e. The third-order valence-electron chi connectivity index (χ3n) is 15.2. The van der Waals surface area contributed by atoms with Crippen molar-refractivity contribution in [2.45, 2.75) is 237 Å². The molecule has 0 radical (unpaired) electrons. The van der Waals surface area contributed by atoms with E-state index in [1.165, 1.54) is 64.2 Å². The molecule has 0 fully saturated rings. The van der Waals surface area contributed by atoms with Crippen molar-refractivity contribution in [1.29, 1.82) is 0 Å². The van der Waals surface area contributed by atoms with Gasteiger partial charge in [-0.25, -0.2) is 9.97 Å². The molecule has 548 valence electrons. The number of hydrogen-bond acceptors (Lipinski definition) is 16. The van der Waals surface area contributed by atoms with Crippen LogP contribution in [-0.2, 0) is 52.2 Å². The molecule has 21 heteroatoms. The Kier molecular flexibility index (Phi) is 36.9. The van der Waals surface area contributed by atoms with Gasteiger partial charge in [-0.2, -0.15) is 0 Å². The third-order valence-corrected chi connectivity index (χ3v) is 16.2. The van der Waals surface area contributed by atoms with Gasteiger partial charge in [0.2, 0.25) is 0 Å². The Labute approximate surface area is 615 Å². The van der Waals surface area contributed by atoms with Crippen LogP contribution in [0.15, 0.2) is 91.0 Å². The van der Waals surface area contributed by atoms with Crippen LogP contribution in [0.25, 0.3) is 89.7 Å². The van der Waals surface area contributed by atoms with E-state index in [1.54, 1.807) is 0 Å². The molecule has 2 atom stereocenters. The van der Waals surface area contributed by atoms with Crippen LogP contribution >= 0.6 is 7.82 Å². The summed E-state index contributed by atoms with van der Waals surface area (Å²) in [5.74, 6) is 1.66. The first-order valence-electron chi connectivity index (χ1n) is 36.9. The molecule has 0 saturated heterocycles. The van der Waals surface area contributed by atoms with Gasteiger partial charge in [0.1, 0.15) is 25.6 Å². The van der Waals surface area contributed by atoms with E-state index < -0.39 is 32.5 Å². The molecule has 0 aliphatic carbocycles. The fourth-order valence-electron chi connectivity index (χ4n) is 10.6. The zero-order valence-electron chi connectivity index (χ0n) is 63.4. The van der Waals surface area contributed by atoms with E-state index in [2.05, 4.69) is 101 Å². The number of aromatic nitrogens is 8. The van der Waals surface area contributed by atoms with E-state index >= 15 is 0 Å². The van der Waals surface area contributed by atoms with Crippen LogP contribution in [0, 0.1) is 16.2 Å². The van der Waals surface area contributed by atoms with E-state index in [4.69, 9.17) is 63.1 Å². The van der Waals surface area contributed by atoms with Crippen LogP contribution < -0.4 is 30.6 Å². The van der Waals surface area contributed by atoms with Gasteiger partial charge in [0.15, 0.2) is 6.10 Å². The smallest absolute Gasteiger partial charge is 0.756 e. The molecule has 2 aliphatic heterocycles. The minimum atomic E-state index is -4.65. The van der Waals surface area contributed by atoms with Crippen molar-refractivity contribution in [3.63, 3.8) is 0 Å². The minimum Gasteiger partial charge on any atom is -0.756 e. The Hall–Kier alpha value is -6.37. The third kappa shape index (κ3) is 32.9. The van der Waals surface area contributed by atoms with Crippen molar-refractivity contribution in [2.75, 3.05) is 46.1 Å². The average molecular weight is 1460 g/mol. The van der Waals surface area contributed by atoms with Crippen molar-refractivity contribution in [2.24, 2.45) is 16.2 Å². The monoisotopic (exact) mass is 1460 g/mol. The molecule has 3 aromatic heterocycles. The van der Waals surface area contributed by atoms with Crippen LogP contribution in [0.1, 0.15) is 231 Å². The Morgan fingerprint density at radius 2 is 0.851 bits per heavy atom. The first-order valence-corrected chi connectivity index (χ1v) is 38.3. The summed E-state index contributed by atoms with van der Waals surface area (Å²) in [7, 11) is -4.65. The molecule has 0 spiro atoms. The van der Waals surface area contributed by atoms with Crippen LogP contribution in [-0.4, -0.2) is 94.0 Å². The number of rotatable bonds is 37. The standard InChI is InChI=1S/C65H81N10O9P.3C5H12.Zn/c1-2-3-4-5-6-7-8-9-10-11-12-13-16-19-34-56(76)81-44-47(45-83-85(78,79)82-41-38-66)84-57(77)35-20-17-14-15-18-27-39-67-40-42-80-46-36-37-54-55(43-46)65-74-63-53-33-26-25-32-52(53)61(72-63)70-59-49-29-22-21-28-48(49)58(68-59)69-60-50-30-23-24-31-51(50)62(71-60)73-64(54)75-65;3*1-5(2,3)4;/h21-26,28-33,36-37,43,47,67H,2-20,27,34-35,38-42,44-45,66H2,1H3,(H-2,68,69,70,71,72,73,74,75,78,79);3*1-4H3;/q-2;;;;+2/t47-;;;;/m0..../s1. The molecule has 0 amide bonds. The molecule has 19 nitrogen and oxygen atoms in total. The zero-order valence-corrected chi connectivity index (χ0v) is 67.2. The number of esters is 2. The topological polar surface area (TPSA) is 266 Å². The van der Waals surface area contributed by atoms with E-state index in [0.29, 0.717) is 93.9 Å². The fourth-order valence-corrected chi connectivity index (χ4v) is 11.4. The van der Waals surface area contributed by atoms with Gasteiger partial charge in [0.05, 0.1) is 36.4 Å². The number of ether oxygens (including phenoxy) is 3. The Bertz CT molecular complexity index is 3810. The maximum Gasteiger partial charge on any atom is 2.00 e. The number of unbranched alkanes of at least 4 members (excludes halogenated alkanes) is 18. The molecule has 4 aromatic carbocycles. The van der Waals surface area contributed by atoms with Crippen molar-refractivity contribution < 1.29 is 67.5 Å². The van der Waals surface area contributed by atoms with Crippen LogP contribution in [0.5, 0.6) is 5.75 Å². The average Bonchev–Trinajstić information content (AvgIpc) is 1.61. The number of hydrogen-bond donors (Lipinski definition) is 2. The Balaban J connectivity index is 0.00000104. The fraction of sp³-hybridized carbons (Fsp3) is 0.575. The van der Waals surface area contributed by atoms with E-state index in [-0.39, 0.29) is 52.1 Å². The number of fused-ring (bicyclic) bond motifs is 20. The SMILES string of the molecule is CC(C)(C)C.CC(C)(C)C.CC(C)(C)C.CCCCCCCCCCCCCCCCC(=O)OC[C@@H](COP(=O)([O-])OCC[NH3+])OC(=O)CCCCCCCCNCCOc1ccc2c(c1)-c1nc-2nc2[n-]c(nc3nc(nc4[n-]c(n1)c1ccccc41)-c1ccccc1-3)c1ccccc21.[Zn+2]. The minimum absolute atomic E-state index is 0. The summed E-state index contributed by atoms with van der Waals surface area (Å²) in [5, 5.41) is 6.83. The van der Waals surface area contributed by atoms with Gasteiger partial charge in [-0.15, -0.1) is 0 Å². The van der Waals surface area contributed by atoms with Gasteiger partial charge in [0, 0.05) is 64.2 Å². The maximum atomic E-state index is 12.9. The number of phosphoric ester groups is 1. The molecule has 4 N–H and O–H groups in total. The molecule has 1 unspecified atom stereocenters. The van der Waals surface area contributed by atoms with Crippen molar-refractivity contribution in [3.8, 4) is 51.3 Å². The van der Waals surface area contributed by atoms with Crippen LogP contribution in [0.2, 0.25) is 0 Å². The molecule has 0 saturated carbocycles. The van der Waals surface area contributed by atoms with Crippen LogP contribution in [0.3, 0.4) is 0 Å². The molecule has 2 aliphatic rings. The van der Waals surface area contributed by atoms with Gasteiger partial charge < -0.3 is 69.1 Å². The number of phosphoric acid groups is 1. The molecular weight excluding hydrogens is 1340 g/mol. The van der Waals surface area contributed by atoms with E-state index in [1.807, 2.05) is 91.0 Å².